The molecule has 1 nitrogen and oxygen atoms in total. The van der Waals surface area contributed by atoms with Gasteiger partial charge in [0.25, 0.3) is 0 Å². The molecule has 1 aromatic rings. The van der Waals surface area contributed by atoms with Gasteiger partial charge in [-0.15, -0.1) is 5.46 Å². The van der Waals surface area contributed by atoms with E-state index >= 15 is 0 Å². The average molecular weight is 298 g/mol. The molecule has 0 aliphatic carbocycles. The Morgan fingerprint density at radius 3 is 2.05 bits per heavy atom. The first-order valence-corrected chi connectivity index (χ1v) is 6.46. The zero-order valence-electron chi connectivity index (χ0n) is 11.7. The molecule has 0 bridgehead atoms. The molecule has 0 aromatic heterocycles. The Labute approximate surface area is 155 Å². The first kappa shape index (κ1) is 19.5. The van der Waals surface area contributed by atoms with Crippen molar-refractivity contribution in [3.8, 4) is 5.75 Å². The normalized spacial score (nSPS) is 10.9. The Hall–Kier alpha value is 0.511. The summed E-state index contributed by atoms with van der Waals surface area (Å²) in [5.74, 6) is 0.509. The number of unbranched alkanes of at least 4 members (excludes halogenated alkanes) is 4. The molecule has 0 amide bonds. The van der Waals surface area contributed by atoms with E-state index in [0.717, 1.165) is 25.0 Å². The van der Waals surface area contributed by atoms with Crippen molar-refractivity contribution in [1.29, 1.82) is 0 Å². The topological polar surface area (TPSA) is 9.23 Å². The van der Waals surface area contributed by atoms with Gasteiger partial charge in [0.2, 0.25) is 0 Å². The zero-order chi connectivity index (χ0) is 13.4. The van der Waals surface area contributed by atoms with Crippen molar-refractivity contribution in [2.24, 2.45) is 0 Å². The van der Waals surface area contributed by atoms with E-state index in [-0.39, 0.29) is 51.4 Å². The van der Waals surface area contributed by atoms with Crippen LogP contribution >= 0.6 is 0 Å². The molecule has 6 heteroatoms. The van der Waals surface area contributed by atoms with Crippen LogP contribution in [0.1, 0.15) is 39.0 Å². The molecule has 1 rings (SSSR count). The molecule has 0 saturated heterocycles. The molecule has 0 spiro atoms. The van der Waals surface area contributed by atoms with Gasteiger partial charge in [0.1, 0.15) is 5.75 Å². The van der Waals surface area contributed by atoms with Gasteiger partial charge < -0.3 is 17.7 Å². The largest absolute Gasteiger partial charge is 1.00 e. The molecule has 19 heavy (non-hydrogen) atoms. The smallest absolute Gasteiger partial charge is 0.494 e. The van der Waals surface area contributed by atoms with Crippen molar-refractivity contribution in [1.82, 2.24) is 0 Å². The Morgan fingerprint density at radius 2 is 1.53 bits per heavy atom. The number of rotatable bonds is 8. The monoisotopic (exact) mass is 298 g/mol. The summed E-state index contributed by atoms with van der Waals surface area (Å²) < 4.78 is 42.5. The minimum Gasteiger partial charge on any atom is -0.494 e. The minimum atomic E-state index is -4.90. The summed E-state index contributed by atoms with van der Waals surface area (Å²) in [6, 6.07) is 4.92. The van der Waals surface area contributed by atoms with Gasteiger partial charge in [-0.05, 0) is 18.6 Å². The minimum absolute atomic E-state index is 0. The van der Waals surface area contributed by atoms with Gasteiger partial charge in [-0.25, -0.2) is 0 Å². The van der Waals surface area contributed by atoms with E-state index in [9.17, 15) is 12.9 Å². The van der Waals surface area contributed by atoms with Crippen molar-refractivity contribution in [3.63, 3.8) is 0 Å². The molecular weight excluding hydrogens is 279 g/mol. The van der Waals surface area contributed by atoms with Crippen molar-refractivity contribution in [2.75, 3.05) is 6.61 Å². The van der Waals surface area contributed by atoms with Crippen molar-refractivity contribution in [2.45, 2.75) is 39.0 Å². The maximum Gasteiger partial charge on any atom is 1.00 e. The van der Waals surface area contributed by atoms with Gasteiger partial charge >= 0.3 is 58.4 Å². The number of halogens is 3. The average Bonchev–Trinajstić information content (AvgIpc) is 2.33. The molecule has 0 radical (unpaired) electrons. The third-order valence-corrected chi connectivity index (χ3v) is 2.77. The Balaban J connectivity index is 0.00000324. The van der Waals surface area contributed by atoms with Gasteiger partial charge in [-0.2, -0.15) is 0 Å². The van der Waals surface area contributed by atoms with Crippen LogP contribution in [0.25, 0.3) is 0 Å². The Morgan fingerprint density at radius 1 is 0.947 bits per heavy atom. The third kappa shape index (κ3) is 8.40. The van der Waals surface area contributed by atoms with Crippen molar-refractivity contribution >= 4 is 12.4 Å². The van der Waals surface area contributed by atoms with E-state index in [1.165, 1.54) is 31.4 Å². The second-order valence-corrected chi connectivity index (χ2v) is 4.41. The summed E-state index contributed by atoms with van der Waals surface area (Å²) in [6.45, 7) is -2.18. The molecule has 0 fully saturated rings. The van der Waals surface area contributed by atoms with Crippen molar-refractivity contribution < 1.29 is 69.1 Å². The predicted molar refractivity (Wildman–Crippen MR) is 69.4 cm³/mol. The maximum atomic E-state index is 12.4. The maximum absolute atomic E-state index is 12.4. The summed E-state index contributed by atoms with van der Waals surface area (Å²) >= 11 is 0. The first-order valence-electron chi connectivity index (χ1n) is 6.46. The van der Waals surface area contributed by atoms with E-state index in [1.807, 2.05) is 0 Å². The summed E-state index contributed by atoms with van der Waals surface area (Å²) in [5, 5.41) is 0. The Bertz CT molecular complexity index is 341. The number of benzene rings is 1. The number of hydrogen-bond donors (Lipinski definition) is 0. The first-order chi connectivity index (χ1) is 8.54. The van der Waals surface area contributed by atoms with Gasteiger partial charge in [-0.3, -0.25) is 0 Å². The van der Waals surface area contributed by atoms with Crippen LogP contribution in [0.2, 0.25) is 0 Å². The van der Waals surface area contributed by atoms with Crippen LogP contribution < -0.4 is 61.6 Å². The summed E-state index contributed by atoms with van der Waals surface area (Å²) in [4.78, 5) is 0. The van der Waals surface area contributed by atoms with E-state index in [1.54, 1.807) is 0 Å². The molecule has 0 aliphatic heterocycles. The molecular formula is C13H19BF3KO. The summed E-state index contributed by atoms with van der Waals surface area (Å²) in [7, 11) is 0. The van der Waals surface area contributed by atoms with E-state index in [0.29, 0.717) is 12.4 Å². The van der Waals surface area contributed by atoms with Crippen LogP contribution in [0.15, 0.2) is 24.3 Å². The van der Waals surface area contributed by atoms with Gasteiger partial charge in [0, 0.05) is 0 Å². The molecule has 1 aromatic carbocycles. The van der Waals surface area contributed by atoms with E-state index in [4.69, 9.17) is 4.74 Å². The molecule has 102 valence electrons. The number of ether oxygens (including phenoxy) is 1. The molecule has 0 aliphatic rings. The fourth-order valence-electron chi connectivity index (χ4n) is 1.68. The second-order valence-electron chi connectivity index (χ2n) is 4.41. The Kier molecular flexibility index (Phi) is 10.5. The van der Waals surface area contributed by atoms with Gasteiger partial charge in [-0.1, -0.05) is 44.7 Å². The summed E-state index contributed by atoms with van der Waals surface area (Å²) in [5.41, 5.74) is -0.578. The fourth-order valence-corrected chi connectivity index (χ4v) is 1.68. The van der Waals surface area contributed by atoms with Crippen molar-refractivity contribution in [3.05, 3.63) is 24.3 Å². The standard InChI is InChI=1S/C13H19BF3O.K/c1-2-3-4-5-6-11-18-13-9-7-12(8-10-13)14(15,16)17;/h7-10H,2-6,11H2,1H3;/q-1;+1. The van der Waals surface area contributed by atoms with Crippen LogP contribution in [0.5, 0.6) is 5.75 Å². The SMILES string of the molecule is CCCCCCCOc1ccc([B-](F)(F)F)cc1.[K+]. The van der Waals surface area contributed by atoms with Crippen LogP contribution in [0, 0.1) is 0 Å². The fraction of sp³-hybridized carbons (Fsp3) is 0.538. The third-order valence-electron chi connectivity index (χ3n) is 2.77. The molecule has 0 N–H and O–H groups in total. The molecule has 0 heterocycles. The van der Waals surface area contributed by atoms with Crippen LogP contribution in [-0.2, 0) is 0 Å². The van der Waals surface area contributed by atoms with Gasteiger partial charge in [0.15, 0.2) is 0 Å². The molecule has 0 saturated carbocycles. The zero-order valence-corrected chi connectivity index (χ0v) is 14.8. The summed E-state index contributed by atoms with van der Waals surface area (Å²) in [6.07, 6.45) is 5.67. The van der Waals surface area contributed by atoms with E-state index in [2.05, 4.69) is 6.92 Å². The van der Waals surface area contributed by atoms with Gasteiger partial charge in [0.05, 0.1) is 6.61 Å². The number of hydrogen-bond acceptors (Lipinski definition) is 1. The quantitative estimate of drug-likeness (QED) is 0.516. The predicted octanol–water partition coefficient (Wildman–Crippen LogP) is 1.09. The van der Waals surface area contributed by atoms with Crippen LogP contribution in [0.4, 0.5) is 12.9 Å². The second kappa shape index (κ2) is 10.3. The van der Waals surface area contributed by atoms with Crippen LogP contribution in [0.3, 0.4) is 0 Å². The van der Waals surface area contributed by atoms with Crippen LogP contribution in [-0.4, -0.2) is 13.6 Å². The molecule has 0 atom stereocenters. The van der Waals surface area contributed by atoms with E-state index < -0.39 is 12.4 Å². The molecule has 0 unspecified atom stereocenters.